The number of piperazine rings is 1. The van der Waals surface area contributed by atoms with Crippen molar-refractivity contribution >= 4 is 31.3 Å². The van der Waals surface area contributed by atoms with Crippen LogP contribution in [0.4, 0.5) is 0 Å². The summed E-state index contributed by atoms with van der Waals surface area (Å²) in [6, 6.07) is 4.51. The topological polar surface area (TPSA) is 210 Å². The highest BCUT2D eigenvalue weighted by Crippen LogP contribution is 2.37. The van der Waals surface area contributed by atoms with E-state index in [0.29, 0.717) is 56.6 Å². The van der Waals surface area contributed by atoms with Gasteiger partial charge in [-0.15, -0.1) is 0 Å². The average Bonchev–Trinajstić information content (AvgIpc) is 3.97. The van der Waals surface area contributed by atoms with Gasteiger partial charge in [-0.1, -0.05) is 115 Å². The SMILES string of the molecule is CCCCCCCCCCCCCCCCN1CCN(CCC(=O)C[C@@H](Cc2ccc(OP(=O)(O)O)cc2)C(=O)N[C@H]2CCCCC3CC[C@@H](C(=O)NCCc4ncn[nH]4)N3C2=O)CC1. The monoisotopic (exact) mass is 927 g/mol. The first kappa shape index (κ1) is 52.3. The predicted octanol–water partition coefficient (Wildman–Crippen LogP) is 6.66. The number of rotatable bonds is 30. The van der Waals surface area contributed by atoms with Gasteiger partial charge < -0.3 is 29.9 Å². The molecule has 5 rings (SSSR count). The van der Waals surface area contributed by atoms with Crippen LogP contribution in [0.5, 0.6) is 5.75 Å². The second-order valence-corrected chi connectivity index (χ2v) is 19.9. The molecule has 0 bridgehead atoms. The van der Waals surface area contributed by atoms with E-state index in [1.807, 2.05) is 0 Å². The van der Waals surface area contributed by atoms with Crippen LogP contribution in [0.15, 0.2) is 30.6 Å². The van der Waals surface area contributed by atoms with Gasteiger partial charge in [0.2, 0.25) is 17.7 Å². The van der Waals surface area contributed by atoms with Gasteiger partial charge in [0.1, 0.15) is 35.8 Å². The lowest BCUT2D eigenvalue weighted by atomic mass is 9.91. The Kier molecular flexibility index (Phi) is 22.9. The summed E-state index contributed by atoms with van der Waals surface area (Å²) in [7, 11) is -4.76. The Morgan fingerprint density at radius 3 is 2.06 bits per heavy atom. The zero-order valence-corrected chi connectivity index (χ0v) is 40.0. The number of phosphoric ester groups is 1. The lowest BCUT2D eigenvalue weighted by Gasteiger charge is -2.35. The maximum Gasteiger partial charge on any atom is 0.524 e. The molecular formula is C48H79N8O8P. The quantitative estimate of drug-likeness (QED) is 0.0412. The lowest BCUT2D eigenvalue weighted by Crippen LogP contribution is -2.57. The third-order valence-corrected chi connectivity index (χ3v) is 14.0. The molecule has 1 aromatic heterocycles. The van der Waals surface area contributed by atoms with E-state index < -0.39 is 31.7 Å². The van der Waals surface area contributed by atoms with Crippen molar-refractivity contribution in [3.05, 3.63) is 42.0 Å². The maximum absolute atomic E-state index is 14.3. The van der Waals surface area contributed by atoms with Gasteiger partial charge in [-0.25, -0.2) is 9.55 Å². The number of fused-ring (bicyclic) bond motifs is 1. The van der Waals surface area contributed by atoms with Gasteiger partial charge in [0.05, 0.1) is 0 Å². The second-order valence-electron chi connectivity index (χ2n) is 18.7. The largest absolute Gasteiger partial charge is 0.524 e. The molecule has 3 fully saturated rings. The van der Waals surface area contributed by atoms with E-state index in [1.54, 1.807) is 17.0 Å². The molecule has 364 valence electrons. The normalized spacial score (nSPS) is 20.2. The van der Waals surface area contributed by atoms with Crippen LogP contribution in [-0.2, 0) is 36.6 Å². The van der Waals surface area contributed by atoms with E-state index in [2.05, 4.69) is 42.5 Å². The molecule has 17 heteroatoms. The number of Topliss-reactive ketones (excluding diaryl/α,β-unsaturated/α-hetero) is 1. The molecule has 3 saturated heterocycles. The van der Waals surface area contributed by atoms with Gasteiger partial charge in [-0.2, -0.15) is 5.10 Å². The first-order valence-electron chi connectivity index (χ1n) is 25.0. The minimum atomic E-state index is -4.76. The van der Waals surface area contributed by atoms with Gasteiger partial charge in [0, 0.05) is 70.5 Å². The number of amides is 3. The highest BCUT2D eigenvalue weighted by atomic mass is 31.2. The smallest absolute Gasteiger partial charge is 0.404 e. The van der Waals surface area contributed by atoms with Crippen LogP contribution in [-0.4, -0.2) is 127 Å². The number of phosphoric acid groups is 1. The summed E-state index contributed by atoms with van der Waals surface area (Å²) in [5.74, 6) is -1.11. The van der Waals surface area contributed by atoms with Crippen LogP contribution in [0.25, 0.3) is 0 Å². The van der Waals surface area contributed by atoms with Crippen molar-refractivity contribution in [2.45, 2.75) is 179 Å². The maximum atomic E-state index is 14.3. The summed E-state index contributed by atoms with van der Waals surface area (Å²) in [5, 5.41) is 12.6. The fraction of sp³-hybridized carbons (Fsp3) is 0.750. The third kappa shape index (κ3) is 19.2. The molecule has 4 atom stereocenters. The van der Waals surface area contributed by atoms with Crippen LogP contribution < -0.4 is 15.2 Å². The van der Waals surface area contributed by atoms with Gasteiger partial charge in [-0.3, -0.25) is 34.1 Å². The molecule has 0 saturated carbocycles. The molecule has 3 aliphatic heterocycles. The molecule has 4 heterocycles. The van der Waals surface area contributed by atoms with Crippen LogP contribution >= 0.6 is 7.82 Å². The van der Waals surface area contributed by atoms with Crippen molar-refractivity contribution in [2.75, 3.05) is 45.8 Å². The number of hydrogen-bond acceptors (Lipinski definition) is 10. The van der Waals surface area contributed by atoms with E-state index in [4.69, 9.17) is 4.52 Å². The van der Waals surface area contributed by atoms with Gasteiger partial charge in [0.15, 0.2) is 0 Å². The highest BCUT2D eigenvalue weighted by molar-refractivity contribution is 7.46. The van der Waals surface area contributed by atoms with Crippen molar-refractivity contribution in [3.8, 4) is 5.75 Å². The molecule has 0 aliphatic carbocycles. The number of H-pyrrole nitrogens is 1. The fourth-order valence-electron chi connectivity index (χ4n) is 9.78. The molecule has 1 unspecified atom stereocenters. The Labute approximate surface area is 387 Å². The Morgan fingerprint density at radius 2 is 1.45 bits per heavy atom. The molecule has 5 N–H and O–H groups in total. The molecule has 16 nitrogen and oxygen atoms in total. The number of ketones is 1. The van der Waals surface area contributed by atoms with Crippen LogP contribution in [0.1, 0.15) is 160 Å². The minimum absolute atomic E-state index is 0.0179. The van der Waals surface area contributed by atoms with Crippen LogP contribution in [0, 0.1) is 5.92 Å². The number of aromatic nitrogens is 3. The molecule has 3 aliphatic rings. The summed E-state index contributed by atoms with van der Waals surface area (Å²) < 4.78 is 16.1. The first-order valence-corrected chi connectivity index (χ1v) is 26.6. The van der Waals surface area contributed by atoms with Gasteiger partial charge >= 0.3 is 7.82 Å². The highest BCUT2D eigenvalue weighted by Gasteiger charge is 2.44. The Hall–Kier alpha value is -3.69. The Bertz CT molecular complexity index is 1750. The number of unbranched alkanes of at least 4 members (excludes halogenated alkanes) is 13. The van der Waals surface area contributed by atoms with E-state index >= 15 is 0 Å². The summed E-state index contributed by atoms with van der Waals surface area (Å²) >= 11 is 0. The van der Waals surface area contributed by atoms with Crippen molar-refractivity contribution in [1.82, 2.24) is 40.5 Å². The number of nitrogens with one attached hydrogen (secondary N) is 3. The minimum Gasteiger partial charge on any atom is -0.404 e. The summed E-state index contributed by atoms with van der Waals surface area (Å²) in [4.78, 5) is 84.7. The lowest BCUT2D eigenvalue weighted by molar-refractivity contribution is -0.144. The Balaban J connectivity index is 1.07. The number of hydrogen-bond donors (Lipinski definition) is 5. The number of carbonyl (C=O) groups excluding carboxylic acids is 4. The van der Waals surface area contributed by atoms with E-state index in [0.717, 1.165) is 52.0 Å². The van der Waals surface area contributed by atoms with Crippen molar-refractivity contribution in [1.29, 1.82) is 0 Å². The van der Waals surface area contributed by atoms with Gasteiger partial charge in [-0.05, 0) is 62.8 Å². The fourth-order valence-corrected chi connectivity index (χ4v) is 10.2. The van der Waals surface area contributed by atoms with E-state index in [-0.39, 0.29) is 42.2 Å². The van der Waals surface area contributed by atoms with Crippen LogP contribution in [0.3, 0.4) is 0 Å². The van der Waals surface area contributed by atoms with Gasteiger partial charge in [0.25, 0.3) is 0 Å². The zero-order valence-electron chi connectivity index (χ0n) is 39.1. The van der Waals surface area contributed by atoms with E-state index in [1.165, 1.54) is 108 Å². The molecule has 3 amide bonds. The molecule has 1 aromatic carbocycles. The van der Waals surface area contributed by atoms with Crippen LogP contribution in [0.2, 0.25) is 0 Å². The first-order chi connectivity index (χ1) is 31.5. The third-order valence-electron chi connectivity index (χ3n) is 13.6. The Morgan fingerprint density at radius 1 is 0.831 bits per heavy atom. The van der Waals surface area contributed by atoms with Crippen molar-refractivity contribution in [3.63, 3.8) is 0 Å². The molecule has 0 spiro atoms. The molecule has 65 heavy (non-hydrogen) atoms. The molecule has 2 aromatic rings. The zero-order chi connectivity index (χ0) is 46.3. The standard InChI is InChI=1S/C48H79N8O8P/c1-2-3-4-5-6-7-8-9-10-11-12-13-14-17-29-54-31-33-55(34-32-54)30-27-41(57)36-39(35-38-20-23-42(24-21-38)64-65(61,62)63)46(58)52-43-19-16-15-18-40-22-25-44(56(40)48(43)60)47(59)49-28-26-45-50-37-51-53-45/h20-21,23-24,37,39-40,43-44H,2-19,22,25-36H2,1H3,(H,49,59)(H,52,58)(H,50,51,53)(H2,61,62,63)/t39-,40?,43+,44+/m1/s1. The van der Waals surface area contributed by atoms with Crippen molar-refractivity contribution in [2.24, 2.45) is 5.92 Å². The number of aromatic amines is 1. The summed E-state index contributed by atoms with van der Waals surface area (Å²) in [6.07, 6.45) is 25.4. The number of benzene rings is 1. The number of nitrogens with zero attached hydrogens (tertiary/aromatic N) is 5. The average molecular weight is 927 g/mol. The summed E-state index contributed by atoms with van der Waals surface area (Å²) in [5.41, 5.74) is 0.677. The van der Waals surface area contributed by atoms with Crippen molar-refractivity contribution < 1.29 is 38.1 Å². The number of carbonyl (C=O) groups is 4. The summed E-state index contributed by atoms with van der Waals surface area (Å²) in [6.45, 7) is 8.13. The van der Waals surface area contributed by atoms with E-state index in [9.17, 15) is 33.5 Å². The molecule has 0 radical (unpaired) electrons. The second kappa shape index (κ2) is 28.5. The predicted molar refractivity (Wildman–Crippen MR) is 251 cm³/mol. The molecular weight excluding hydrogens is 848 g/mol.